The molecule has 0 unspecified atom stereocenters. The third-order valence-corrected chi connectivity index (χ3v) is 7.96. The number of carbonyl (C=O) groups is 1. The molecule has 0 saturated heterocycles. The minimum Gasteiger partial charge on any atom is -0.741 e. The van der Waals surface area contributed by atoms with Gasteiger partial charge in [0.15, 0.2) is 0 Å². The average Bonchev–Trinajstić information content (AvgIpc) is 3.28. The fraction of sp³-hybridized carbons (Fsp3) is 0. The maximum Gasteiger partial charge on any atom is 0.333 e. The number of fused-ring (bicyclic) bond motifs is 1. The summed E-state index contributed by atoms with van der Waals surface area (Å²) >= 11 is 6.30. The fourth-order valence-electron chi connectivity index (χ4n) is 3.18. The van der Waals surface area contributed by atoms with Crippen molar-refractivity contribution in [2.75, 3.05) is 10.6 Å². The van der Waals surface area contributed by atoms with Crippen molar-refractivity contribution in [1.82, 2.24) is 14.0 Å². The normalized spacial score (nSPS) is 11.3. The Hall–Kier alpha value is -3.98. The van der Waals surface area contributed by atoms with Crippen molar-refractivity contribution in [1.29, 1.82) is 0 Å². The van der Waals surface area contributed by atoms with E-state index >= 15 is 0 Å². The first-order valence-corrected chi connectivity index (χ1v) is 12.4. The number of H-pyrrole nitrogens is 1. The zero-order chi connectivity index (χ0) is 26.2. The third kappa shape index (κ3) is 4.61. The second-order valence-corrected chi connectivity index (χ2v) is 10.8. The fourth-order valence-corrected chi connectivity index (χ4v) is 5.66. The van der Waals surface area contributed by atoms with Gasteiger partial charge in [0.25, 0.3) is 15.6 Å². The summed E-state index contributed by atoms with van der Waals surface area (Å²) < 4.78 is 38.6. The highest BCUT2D eigenvalue weighted by molar-refractivity contribution is 7.91. The Bertz CT molecular complexity index is 1730. The number of aromatic nitrogens is 2. The number of hydroxylamine groups is 1. The van der Waals surface area contributed by atoms with E-state index in [-0.39, 0.29) is 32.3 Å². The van der Waals surface area contributed by atoms with Crippen LogP contribution in [0.3, 0.4) is 0 Å². The lowest BCUT2D eigenvalue weighted by molar-refractivity contribution is 0.243. The number of nitrogens with zero attached hydrogens (tertiary/aromatic N) is 2. The van der Waals surface area contributed by atoms with Gasteiger partial charge in [-0.15, -0.1) is 11.3 Å². The molecule has 0 saturated carbocycles. The molecule has 2 heterocycles. The maximum atomic E-state index is 14.3. The largest absolute Gasteiger partial charge is 0.741 e. The molecule has 0 aliphatic heterocycles. The third-order valence-electron chi connectivity index (χ3n) is 4.81. The van der Waals surface area contributed by atoms with Crippen LogP contribution in [0, 0.1) is 11.0 Å². The van der Waals surface area contributed by atoms with E-state index in [0.29, 0.717) is 11.3 Å². The monoisotopic (exact) mass is 550 g/mol. The van der Waals surface area contributed by atoms with Gasteiger partial charge < -0.3 is 20.8 Å². The van der Waals surface area contributed by atoms with Crippen molar-refractivity contribution in [2.45, 2.75) is 4.21 Å². The van der Waals surface area contributed by atoms with Gasteiger partial charge in [-0.05, 0) is 54.7 Å². The highest BCUT2D eigenvalue weighted by atomic mass is 35.5. The number of benzene rings is 2. The molecule has 0 atom stereocenters. The first kappa shape index (κ1) is 25.1. The molecule has 2 aromatic heterocycles. The van der Waals surface area contributed by atoms with Gasteiger partial charge in [-0.25, -0.2) is 27.0 Å². The number of thiophene rings is 1. The molecule has 0 bridgehead atoms. The number of rotatable bonds is 6. The molecule has 36 heavy (non-hydrogen) atoms. The summed E-state index contributed by atoms with van der Waals surface area (Å²) in [7, 11) is -4.66. The number of anilines is 2. The van der Waals surface area contributed by atoms with E-state index < -0.39 is 41.8 Å². The summed E-state index contributed by atoms with van der Waals surface area (Å²) in [5.41, 5.74) is -1.44. The second kappa shape index (κ2) is 9.58. The van der Waals surface area contributed by atoms with Crippen molar-refractivity contribution in [3.05, 3.63) is 97.5 Å². The van der Waals surface area contributed by atoms with Crippen molar-refractivity contribution in [3.8, 4) is 5.69 Å². The summed E-state index contributed by atoms with van der Waals surface area (Å²) in [5.74, 6) is -0.738. The molecular weight excluding hydrogens is 537 g/mol. The minimum atomic E-state index is -4.66. The number of amides is 2. The lowest BCUT2D eigenvalue weighted by Crippen LogP contribution is -2.35. The Labute approximate surface area is 210 Å². The smallest absolute Gasteiger partial charge is 0.333 e. The van der Waals surface area contributed by atoms with Crippen molar-refractivity contribution in [2.24, 2.45) is 0 Å². The van der Waals surface area contributed by atoms with E-state index in [1.807, 2.05) is 0 Å². The van der Waals surface area contributed by atoms with E-state index in [2.05, 4.69) is 22.2 Å². The topological polar surface area (TPSA) is 156 Å². The molecule has 0 fully saturated rings. The quantitative estimate of drug-likeness (QED) is 0.308. The average molecular weight is 551 g/mol. The lowest BCUT2D eigenvalue weighted by atomic mass is 10.2. The van der Waals surface area contributed by atoms with Gasteiger partial charge in [0.05, 0.1) is 26.6 Å². The van der Waals surface area contributed by atoms with Gasteiger partial charge in [0.1, 0.15) is 10.0 Å². The molecule has 2 amide bonds. The molecule has 11 nitrogen and oxygen atoms in total. The summed E-state index contributed by atoms with van der Waals surface area (Å²) in [4.78, 5) is 40.2. The number of hydrogen-bond acceptors (Lipinski definition) is 8. The van der Waals surface area contributed by atoms with Crippen LogP contribution in [0.15, 0.2) is 75.1 Å². The van der Waals surface area contributed by atoms with Gasteiger partial charge in [0.2, 0.25) is 0 Å². The van der Waals surface area contributed by atoms with E-state index in [1.165, 1.54) is 42.6 Å². The molecule has 0 radical (unpaired) electrons. The van der Waals surface area contributed by atoms with Crippen LogP contribution < -0.4 is 21.9 Å². The predicted molar refractivity (Wildman–Crippen MR) is 135 cm³/mol. The van der Waals surface area contributed by atoms with Crippen LogP contribution in [-0.2, 0) is 10.0 Å². The number of halogens is 2. The predicted octanol–water partition coefficient (Wildman–Crippen LogP) is 3.81. The molecule has 0 spiro atoms. The maximum absolute atomic E-state index is 14.3. The molecule has 0 aliphatic carbocycles. The number of hydrogen-bond donors (Lipinski definition) is 3. The van der Waals surface area contributed by atoms with Crippen LogP contribution in [0.25, 0.3) is 16.6 Å². The van der Waals surface area contributed by atoms with E-state index in [0.717, 1.165) is 16.7 Å². The van der Waals surface area contributed by atoms with Crippen molar-refractivity contribution in [3.63, 3.8) is 0 Å². The van der Waals surface area contributed by atoms with Gasteiger partial charge in [-0.3, -0.25) is 9.26 Å². The standard InChI is InChI=1S/C21H14ClFN5O6S2/c1-2-24-16-10-15-13(9-14(16)23)19(29)27(20(30)26-15)12-5-3-11(4-6-12)25-21(31)28(32)36(33,34)18-8-7-17(22)35-18/h2-10,24H,1H2,(H,25,31)(H,26,30)/q-1. The van der Waals surface area contributed by atoms with Crippen LogP contribution in [-0.4, -0.2) is 28.5 Å². The van der Waals surface area contributed by atoms with Crippen LogP contribution in [0.2, 0.25) is 4.34 Å². The summed E-state index contributed by atoms with van der Waals surface area (Å²) in [6, 6.07) is 8.11. The van der Waals surface area contributed by atoms with Gasteiger partial charge in [-0.2, -0.15) is 0 Å². The van der Waals surface area contributed by atoms with E-state index in [1.54, 1.807) is 0 Å². The number of carbonyl (C=O) groups excluding carboxylic acids is 1. The number of sulfonamides is 1. The van der Waals surface area contributed by atoms with Crippen LogP contribution in [0.4, 0.5) is 20.6 Å². The first-order valence-electron chi connectivity index (χ1n) is 9.78. The van der Waals surface area contributed by atoms with Gasteiger partial charge in [-0.1, -0.05) is 18.2 Å². The molecule has 2 aromatic carbocycles. The van der Waals surface area contributed by atoms with E-state index in [4.69, 9.17) is 11.6 Å². The Morgan fingerprint density at radius 3 is 2.50 bits per heavy atom. The summed E-state index contributed by atoms with van der Waals surface area (Å²) in [5, 5.41) is 16.7. The van der Waals surface area contributed by atoms with E-state index in [9.17, 15) is 32.4 Å². The molecular formula is C21H14ClFN5O6S2-. The van der Waals surface area contributed by atoms with Gasteiger partial charge >= 0.3 is 11.7 Å². The van der Waals surface area contributed by atoms with Crippen LogP contribution >= 0.6 is 22.9 Å². The Morgan fingerprint density at radius 1 is 1.19 bits per heavy atom. The van der Waals surface area contributed by atoms with Crippen molar-refractivity contribution >= 4 is 61.3 Å². The molecule has 3 N–H and O–H groups in total. The molecule has 186 valence electrons. The SMILES string of the molecule is C=CNc1cc2[nH]c(=O)n(-c3ccc(NC(=O)N([O-])S(=O)(=O)c4ccc(Cl)s4)cc3)c(=O)c2cc1F. The van der Waals surface area contributed by atoms with Crippen LogP contribution in [0.1, 0.15) is 0 Å². The molecule has 4 rings (SSSR count). The summed E-state index contributed by atoms with van der Waals surface area (Å²) in [6.45, 7) is 3.43. The van der Waals surface area contributed by atoms with Crippen LogP contribution in [0.5, 0.6) is 0 Å². The number of aromatic amines is 1. The first-order chi connectivity index (χ1) is 17.0. The summed E-state index contributed by atoms with van der Waals surface area (Å²) in [6.07, 6.45) is 1.24. The number of urea groups is 1. The minimum absolute atomic E-state index is 0.000430. The highest BCUT2D eigenvalue weighted by Crippen LogP contribution is 2.28. The Kier molecular flexibility index (Phi) is 6.69. The highest BCUT2D eigenvalue weighted by Gasteiger charge is 2.23. The Balaban J connectivity index is 1.61. The van der Waals surface area contributed by atoms with Crippen molar-refractivity contribution < 1.29 is 17.6 Å². The van der Waals surface area contributed by atoms with Gasteiger partial charge in [0, 0.05) is 5.69 Å². The zero-order valence-electron chi connectivity index (χ0n) is 17.8. The second-order valence-electron chi connectivity index (χ2n) is 7.06. The number of nitrogens with one attached hydrogen (secondary N) is 3. The molecule has 0 aliphatic rings. The lowest BCUT2D eigenvalue weighted by Gasteiger charge is -2.26. The zero-order valence-corrected chi connectivity index (χ0v) is 20.2. The Morgan fingerprint density at radius 2 is 1.89 bits per heavy atom. The molecule has 4 aromatic rings. The molecule has 15 heteroatoms.